The Morgan fingerprint density at radius 1 is 1.48 bits per heavy atom. The number of carbonyl (C=O) groups is 2. The van der Waals surface area contributed by atoms with Gasteiger partial charge in [0.2, 0.25) is 15.9 Å². The maximum atomic E-state index is 12.7. The first kappa shape index (κ1) is 15.9. The van der Waals surface area contributed by atoms with Crippen molar-refractivity contribution < 1.29 is 28.2 Å². The molecule has 21 heavy (non-hydrogen) atoms. The van der Waals surface area contributed by atoms with Crippen molar-refractivity contribution >= 4 is 33.2 Å². The van der Waals surface area contributed by atoms with E-state index in [9.17, 15) is 23.1 Å². The lowest BCUT2D eigenvalue weighted by molar-refractivity contribution is -0.121. The number of β-amino-alcohol motifs (C(OH)–C–C–N with tert-alkyl or cyclic N) is 1. The lowest BCUT2D eigenvalue weighted by atomic mass is 10.2. The third-order valence-electron chi connectivity index (χ3n) is 3.24. The first-order valence-electron chi connectivity index (χ1n) is 5.97. The predicted octanol–water partition coefficient (Wildman–Crippen LogP) is -0.636. The number of hydrogen-bond donors (Lipinski definition) is 3. The number of nitrogens with two attached hydrogens (primary N) is 1. The Balaban J connectivity index is 2.55. The second-order valence-corrected chi connectivity index (χ2v) is 7.47. The van der Waals surface area contributed by atoms with Crippen LogP contribution in [0, 0.1) is 6.92 Å². The number of aryl methyl sites for hydroxylation is 1. The highest BCUT2D eigenvalue weighted by Crippen LogP contribution is 2.33. The Kier molecular flexibility index (Phi) is 4.06. The molecule has 1 aliphatic heterocycles. The minimum atomic E-state index is -4.23. The topological polar surface area (TPSA) is 138 Å². The first-order valence-corrected chi connectivity index (χ1v) is 8.28. The summed E-state index contributed by atoms with van der Waals surface area (Å²) in [6.45, 7) is 1.19. The average Bonchev–Trinajstić information content (AvgIpc) is 2.93. The lowest BCUT2D eigenvalue weighted by Crippen LogP contribution is -2.44. The van der Waals surface area contributed by atoms with Gasteiger partial charge >= 0.3 is 5.97 Å². The van der Waals surface area contributed by atoms with E-state index in [4.69, 9.17) is 10.8 Å². The van der Waals surface area contributed by atoms with Crippen molar-refractivity contribution in [3.63, 3.8) is 0 Å². The highest BCUT2D eigenvalue weighted by molar-refractivity contribution is 7.89. The molecule has 2 atom stereocenters. The molecule has 0 radical (unpaired) electrons. The van der Waals surface area contributed by atoms with Gasteiger partial charge in [0, 0.05) is 13.0 Å². The average molecular weight is 334 g/mol. The van der Waals surface area contributed by atoms with E-state index >= 15 is 0 Å². The van der Waals surface area contributed by atoms with Gasteiger partial charge in [-0.25, -0.2) is 13.2 Å². The molecule has 2 unspecified atom stereocenters. The quantitative estimate of drug-likeness (QED) is 0.670. The molecule has 2 heterocycles. The van der Waals surface area contributed by atoms with E-state index in [1.807, 2.05) is 0 Å². The minimum Gasteiger partial charge on any atom is -0.477 e. The van der Waals surface area contributed by atoms with Crippen LogP contribution in [0.5, 0.6) is 0 Å². The molecular weight excluding hydrogens is 320 g/mol. The maximum absolute atomic E-state index is 12.7. The molecule has 1 aromatic rings. The van der Waals surface area contributed by atoms with Crippen molar-refractivity contribution in [3.8, 4) is 0 Å². The molecule has 1 aliphatic rings. The standard InChI is InChI=1S/C11H14N2O6S2/c1-5-4-20-8(11(16)17)9(5)21(18,19)13-3-6(14)2-7(13)10(12)15/h4,6-7,14H,2-3H2,1H3,(H2,12,15)(H,16,17). The van der Waals surface area contributed by atoms with E-state index in [1.165, 1.54) is 12.3 Å². The second kappa shape index (κ2) is 5.37. The molecule has 1 fully saturated rings. The van der Waals surface area contributed by atoms with E-state index < -0.39 is 34.0 Å². The smallest absolute Gasteiger partial charge is 0.347 e. The van der Waals surface area contributed by atoms with Crippen LogP contribution >= 0.6 is 11.3 Å². The number of carbonyl (C=O) groups excluding carboxylic acids is 1. The molecular formula is C11H14N2O6S2. The normalized spacial score (nSPS) is 23.3. The summed E-state index contributed by atoms with van der Waals surface area (Å²) in [5.41, 5.74) is 5.45. The van der Waals surface area contributed by atoms with Gasteiger partial charge in [0.1, 0.15) is 15.8 Å². The fourth-order valence-corrected chi connectivity index (χ4v) is 5.56. The number of aromatic carboxylic acids is 1. The van der Waals surface area contributed by atoms with Gasteiger partial charge in [-0.1, -0.05) is 0 Å². The molecule has 8 nitrogen and oxygen atoms in total. The van der Waals surface area contributed by atoms with Gasteiger partial charge in [0.05, 0.1) is 6.10 Å². The summed E-state index contributed by atoms with van der Waals surface area (Å²) in [6, 6.07) is -1.18. The molecule has 0 aliphatic carbocycles. The summed E-state index contributed by atoms with van der Waals surface area (Å²) >= 11 is 0.796. The number of carboxylic acids is 1. The van der Waals surface area contributed by atoms with Crippen LogP contribution < -0.4 is 5.73 Å². The molecule has 0 aromatic carbocycles. The Morgan fingerprint density at radius 2 is 2.10 bits per heavy atom. The van der Waals surface area contributed by atoms with Gasteiger partial charge in [-0.05, 0) is 17.9 Å². The Morgan fingerprint density at radius 3 is 2.62 bits per heavy atom. The van der Waals surface area contributed by atoms with E-state index in [-0.39, 0.29) is 28.3 Å². The number of rotatable bonds is 4. The van der Waals surface area contributed by atoms with E-state index in [0.29, 0.717) is 0 Å². The van der Waals surface area contributed by atoms with Gasteiger partial charge < -0.3 is 15.9 Å². The summed E-state index contributed by atoms with van der Waals surface area (Å²) in [5.74, 6) is -2.23. The molecule has 116 valence electrons. The third kappa shape index (κ3) is 2.67. The first-order chi connectivity index (χ1) is 9.66. The van der Waals surface area contributed by atoms with Crippen LogP contribution in [0.3, 0.4) is 0 Å². The maximum Gasteiger partial charge on any atom is 0.347 e. The number of nitrogens with zero attached hydrogens (tertiary/aromatic N) is 1. The highest BCUT2D eigenvalue weighted by atomic mass is 32.2. The van der Waals surface area contributed by atoms with Crippen LogP contribution in [-0.2, 0) is 14.8 Å². The number of carboxylic acid groups (broad SMARTS) is 1. The predicted molar refractivity (Wildman–Crippen MR) is 73.5 cm³/mol. The molecule has 4 N–H and O–H groups in total. The monoisotopic (exact) mass is 334 g/mol. The zero-order chi connectivity index (χ0) is 15.9. The summed E-state index contributed by atoms with van der Waals surface area (Å²) in [7, 11) is -4.23. The number of aliphatic hydroxyl groups is 1. The van der Waals surface area contributed by atoms with E-state index in [2.05, 4.69) is 0 Å². The zero-order valence-electron chi connectivity index (χ0n) is 11.0. The highest BCUT2D eigenvalue weighted by Gasteiger charge is 2.44. The van der Waals surface area contributed by atoms with Gasteiger partial charge in [-0.15, -0.1) is 11.3 Å². The van der Waals surface area contributed by atoms with Crippen LogP contribution in [0.2, 0.25) is 0 Å². The Bertz CT molecular complexity index is 696. The van der Waals surface area contributed by atoms with Gasteiger partial charge in [0.15, 0.2) is 0 Å². The van der Waals surface area contributed by atoms with Gasteiger partial charge in [-0.3, -0.25) is 4.79 Å². The number of aliphatic hydroxyl groups excluding tert-OH is 1. The largest absolute Gasteiger partial charge is 0.477 e. The van der Waals surface area contributed by atoms with Crippen LogP contribution in [0.4, 0.5) is 0 Å². The molecule has 10 heteroatoms. The van der Waals surface area contributed by atoms with Crippen molar-refractivity contribution in [1.29, 1.82) is 0 Å². The van der Waals surface area contributed by atoms with Crippen molar-refractivity contribution in [2.24, 2.45) is 5.73 Å². The van der Waals surface area contributed by atoms with Crippen LogP contribution in [0.1, 0.15) is 21.7 Å². The van der Waals surface area contributed by atoms with Crippen molar-refractivity contribution in [2.75, 3.05) is 6.54 Å². The van der Waals surface area contributed by atoms with Crippen LogP contribution in [-0.4, -0.2) is 53.5 Å². The number of sulfonamides is 1. The SMILES string of the molecule is Cc1csc(C(=O)O)c1S(=O)(=O)N1CC(O)CC1C(N)=O. The third-order valence-corrected chi connectivity index (χ3v) is 6.52. The summed E-state index contributed by atoms with van der Waals surface area (Å²) in [5, 5.41) is 20.1. The van der Waals surface area contributed by atoms with Gasteiger partial charge in [0.25, 0.3) is 0 Å². The molecule has 0 bridgehead atoms. The summed E-state index contributed by atoms with van der Waals surface area (Å²) in [6.07, 6.45) is -1.11. The fourth-order valence-electron chi connectivity index (χ4n) is 2.33. The number of primary amides is 1. The summed E-state index contributed by atoms with van der Waals surface area (Å²) in [4.78, 5) is 21.9. The molecule has 1 saturated heterocycles. The fraction of sp³-hybridized carbons (Fsp3) is 0.455. The number of hydrogen-bond acceptors (Lipinski definition) is 6. The Labute approximate surface area is 124 Å². The lowest BCUT2D eigenvalue weighted by Gasteiger charge is -2.21. The molecule has 2 rings (SSSR count). The second-order valence-electron chi connectivity index (χ2n) is 4.76. The number of amides is 1. The van der Waals surface area contributed by atoms with Crippen LogP contribution in [0.15, 0.2) is 10.3 Å². The van der Waals surface area contributed by atoms with Crippen molar-refractivity contribution in [1.82, 2.24) is 4.31 Å². The summed E-state index contributed by atoms with van der Waals surface area (Å²) < 4.78 is 26.1. The molecule has 1 aromatic heterocycles. The van der Waals surface area contributed by atoms with Crippen molar-refractivity contribution in [3.05, 3.63) is 15.8 Å². The van der Waals surface area contributed by atoms with Crippen molar-refractivity contribution in [2.45, 2.75) is 30.4 Å². The van der Waals surface area contributed by atoms with E-state index in [0.717, 1.165) is 15.6 Å². The minimum absolute atomic E-state index is 0.0971. The van der Waals surface area contributed by atoms with Gasteiger partial charge in [-0.2, -0.15) is 4.31 Å². The van der Waals surface area contributed by atoms with E-state index in [1.54, 1.807) is 0 Å². The Hall–Kier alpha value is -1.49. The zero-order valence-corrected chi connectivity index (χ0v) is 12.6. The molecule has 0 saturated carbocycles. The van der Waals surface area contributed by atoms with Crippen LogP contribution in [0.25, 0.3) is 0 Å². The molecule has 0 spiro atoms. The molecule has 1 amide bonds. The number of thiophene rings is 1.